The summed E-state index contributed by atoms with van der Waals surface area (Å²) in [6.07, 6.45) is 0. The minimum Gasteiger partial charge on any atom is -0.481 e. The van der Waals surface area contributed by atoms with E-state index in [9.17, 15) is 0 Å². The largest absolute Gasteiger partial charge is 0.481 e. The molecule has 0 aliphatic heterocycles. The molecule has 0 aromatic carbocycles. The predicted molar refractivity (Wildman–Crippen MR) is 34.0 cm³/mol. The van der Waals surface area contributed by atoms with Gasteiger partial charge in [0.1, 0.15) is 0 Å². The van der Waals surface area contributed by atoms with E-state index >= 15 is 0 Å². The molecule has 0 saturated heterocycles. The average molecular weight is 135 g/mol. The van der Waals surface area contributed by atoms with E-state index in [-0.39, 0.29) is 0 Å². The first kappa shape index (κ1) is 11.2. The quantitative estimate of drug-likeness (QED) is 0.533. The van der Waals surface area contributed by atoms with E-state index in [0.29, 0.717) is 0 Å². The Morgan fingerprint density at radius 2 is 2.11 bits per heavy atom. The Morgan fingerprint density at radius 1 is 1.78 bits per heavy atom. The number of nitrogens with one attached hydrogen (secondary N) is 1. The van der Waals surface area contributed by atoms with Crippen molar-refractivity contribution in [2.45, 2.75) is 13.8 Å². The number of rotatable bonds is 2. The first-order chi connectivity index (χ1) is 4.15. The molecule has 56 valence electrons. The molecule has 0 atom stereocenters. The normalized spacial score (nSPS) is 7.44. The lowest BCUT2D eigenvalue weighted by Gasteiger charge is -1.88. The molecule has 0 fully saturated rings. The summed E-state index contributed by atoms with van der Waals surface area (Å²) < 4.78 is 0. The van der Waals surface area contributed by atoms with E-state index in [1.165, 1.54) is 0 Å². The Kier molecular flexibility index (Phi) is 13.0. The van der Waals surface area contributed by atoms with Gasteiger partial charge in [-0.15, -0.1) is 0 Å². The van der Waals surface area contributed by atoms with Crippen molar-refractivity contribution in [3.63, 3.8) is 0 Å². The van der Waals surface area contributed by atoms with Crippen molar-refractivity contribution >= 4 is 5.97 Å². The van der Waals surface area contributed by atoms with Crippen LogP contribution in [0.3, 0.4) is 0 Å². The van der Waals surface area contributed by atoms with E-state index in [1.54, 1.807) is 7.11 Å². The second kappa shape index (κ2) is 10.4. The van der Waals surface area contributed by atoms with Gasteiger partial charge in [-0.3, -0.25) is 4.79 Å². The lowest BCUT2D eigenvalue weighted by Crippen LogP contribution is -2.08. The van der Waals surface area contributed by atoms with Crippen molar-refractivity contribution < 1.29 is 14.7 Å². The SMILES string of the molecule is CC(=O)O.CCNOC. The summed E-state index contributed by atoms with van der Waals surface area (Å²) in [5.74, 6) is -0.833. The molecule has 0 rings (SSSR count). The molecule has 4 heteroatoms. The van der Waals surface area contributed by atoms with E-state index in [2.05, 4.69) is 10.3 Å². The zero-order valence-corrected chi connectivity index (χ0v) is 5.97. The monoisotopic (exact) mass is 135 g/mol. The van der Waals surface area contributed by atoms with Gasteiger partial charge < -0.3 is 9.94 Å². The Morgan fingerprint density at radius 3 is 2.11 bits per heavy atom. The van der Waals surface area contributed by atoms with Crippen LogP contribution in [-0.4, -0.2) is 24.7 Å². The van der Waals surface area contributed by atoms with Gasteiger partial charge >= 0.3 is 0 Å². The summed E-state index contributed by atoms with van der Waals surface area (Å²) in [6.45, 7) is 3.93. The number of hydrogen-bond donors (Lipinski definition) is 2. The average Bonchev–Trinajstić information content (AvgIpc) is 1.66. The van der Waals surface area contributed by atoms with E-state index in [1.807, 2.05) is 6.92 Å². The Labute approximate surface area is 54.8 Å². The Balaban J connectivity index is 0. The highest BCUT2D eigenvalue weighted by molar-refractivity contribution is 5.62. The Bertz CT molecular complexity index is 59.2. The summed E-state index contributed by atoms with van der Waals surface area (Å²) in [5.41, 5.74) is 2.61. The van der Waals surface area contributed by atoms with Crippen LogP contribution >= 0.6 is 0 Å². The zero-order chi connectivity index (χ0) is 7.70. The maximum absolute atomic E-state index is 9.00. The number of carboxylic acid groups (broad SMARTS) is 1. The third-order valence-electron chi connectivity index (χ3n) is 0.289. The van der Waals surface area contributed by atoms with Crippen molar-refractivity contribution in [1.82, 2.24) is 5.48 Å². The van der Waals surface area contributed by atoms with Gasteiger partial charge in [-0.1, -0.05) is 6.92 Å². The summed E-state index contributed by atoms with van der Waals surface area (Å²) in [7, 11) is 1.60. The third-order valence-corrected chi connectivity index (χ3v) is 0.289. The minimum atomic E-state index is -0.833. The number of carbonyl (C=O) groups is 1. The van der Waals surface area contributed by atoms with Crippen LogP contribution in [0.5, 0.6) is 0 Å². The second-order valence-corrected chi connectivity index (χ2v) is 1.22. The van der Waals surface area contributed by atoms with Crippen LogP contribution in [0.15, 0.2) is 0 Å². The fourth-order valence-electron chi connectivity index (χ4n) is 0.144. The van der Waals surface area contributed by atoms with Crippen LogP contribution < -0.4 is 5.48 Å². The molecule has 0 unspecified atom stereocenters. The lowest BCUT2D eigenvalue weighted by molar-refractivity contribution is -0.134. The lowest BCUT2D eigenvalue weighted by atomic mass is 10.8. The number of aliphatic carboxylic acids is 1. The van der Waals surface area contributed by atoms with E-state index in [0.717, 1.165) is 13.5 Å². The molecule has 0 spiro atoms. The number of hydroxylamine groups is 1. The van der Waals surface area contributed by atoms with Crippen LogP contribution in [0.4, 0.5) is 0 Å². The molecule has 0 saturated carbocycles. The van der Waals surface area contributed by atoms with Gasteiger partial charge in [0.25, 0.3) is 5.97 Å². The molecular weight excluding hydrogens is 122 g/mol. The summed E-state index contributed by atoms with van der Waals surface area (Å²) >= 11 is 0. The van der Waals surface area contributed by atoms with E-state index < -0.39 is 5.97 Å². The number of hydrogen-bond acceptors (Lipinski definition) is 3. The van der Waals surface area contributed by atoms with Gasteiger partial charge in [-0.25, -0.2) is 5.48 Å². The predicted octanol–water partition coefficient (Wildman–Crippen LogP) is 0.248. The minimum absolute atomic E-state index is 0.833. The maximum Gasteiger partial charge on any atom is 0.300 e. The highest BCUT2D eigenvalue weighted by Gasteiger charge is 1.65. The van der Waals surface area contributed by atoms with Crippen molar-refractivity contribution in [1.29, 1.82) is 0 Å². The molecule has 0 radical (unpaired) electrons. The molecule has 0 aliphatic rings. The molecule has 2 N–H and O–H groups in total. The first-order valence-corrected chi connectivity index (χ1v) is 2.60. The molecule has 0 aromatic heterocycles. The molecule has 0 amide bonds. The van der Waals surface area contributed by atoms with Crippen LogP contribution in [0, 0.1) is 0 Å². The van der Waals surface area contributed by atoms with E-state index in [4.69, 9.17) is 9.90 Å². The molecule has 4 nitrogen and oxygen atoms in total. The summed E-state index contributed by atoms with van der Waals surface area (Å²) in [5, 5.41) is 7.42. The highest BCUT2D eigenvalue weighted by Crippen LogP contribution is 1.47. The van der Waals surface area contributed by atoms with Crippen molar-refractivity contribution in [3.05, 3.63) is 0 Å². The standard InChI is InChI=1S/C3H9NO.C2H4O2/c1-3-4-5-2;1-2(3)4/h4H,3H2,1-2H3;1H3,(H,3,4). The van der Waals surface area contributed by atoms with Gasteiger partial charge in [-0.05, 0) is 0 Å². The van der Waals surface area contributed by atoms with Gasteiger partial charge in [0, 0.05) is 13.5 Å². The summed E-state index contributed by atoms with van der Waals surface area (Å²) in [6, 6.07) is 0. The summed E-state index contributed by atoms with van der Waals surface area (Å²) in [4.78, 5) is 13.4. The van der Waals surface area contributed by atoms with Gasteiger partial charge in [0.05, 0.1) is 7.11 Å². The fraction of sp³-hybridized carbons (Fsp3) is 0.800. The van der Waals surface area contributed by atoms with Crippen molar-refractivity contribution in [2.24, 2.45) is 0 Å². The van der Waals surface area contributed by atoms with Crippen LogP contribution in [0.2, 0.25) is 0 Å². The van der Waals surface area contributed by atoms with Crippen LogP contribution in [-0.2, 0) is 9.63 Å². The topological polar surface area (TPSA) is 58.6 Å². The van der Waals surface area contributed by atoms with Gasteiger partial charge in [-0.2, -0.15) is 0 Å². The van der Waals surface area contributed by atoms with Crippen molar-refractivity contribution in [3.8, 4) is 0 Å². The van der Waals surface area contributed by atoms with Crippen LogP contribution in [0.1, 0.15) is 13.8 Å². The first-order valence-electron chi connectivity index (χ1n) is 2.60. The zero-order valence-electron chi connectivity index (χ0n) is 5.97. The molecule has 0 bridgehead atoms. The fourth-order valence-corrected chi connectivity index (χ4v) is 0.144. The van der Waals surface area contributed by atoms with Gasteiger partial charge in [0.2, 0.25) is 0 Å². The van der Waals surface area contributed by atoms with Crippen LogP contribution in [0.25, 0.3) is 0 Å². The Hall–Kier alpha value is -0.610. The second-order valence-electron chi connectivity index (χ2n) is 1.22. The maximum atomic E-state index is 9.00. The highest BCUT2D eigenvalue weighted by atomic mass is 16.6. The number of carboxylic acids is 1. The molecule has 0 heterocycles. The molecule has 0 aliphatic carbocycles. The molecule has 0 aromatic rings. The van der Waals surface area contributed by atoms with Gasteiger partial charge in [0.15, 0.2) is 0 Å². The third kappa shape index (κ3) is 111. The smallest absolute Gasteiger partial charge is 0.300 e. The van der Waals surface area contributed by atoms with Crippen molar-refractivity contribution in [2.75, 3.05) is 13.7 Å². The molecular formula is C5H13NO3. The molecule has 9 heavy (non-hydrogen) atoms.